The summed E-state index contributed by atoms with van der Waals surface area (Å²) in [6.07, 6.45) is 1.46. The fourth-order valence-electron chi connectivity index (χ4n) is 1.48. The SMILES string of the molecule is CCOc1cc(CC)cc(C(=O)CC)c1. The molecule has 82 valence electrons. The third-order valence-corrected chi connectivity index (χ3v) is 2.33. The zero-order chi connectivity index (χ0) is 11.3. The molecule has 0 heterocycles. The average Bonchev–Trinajstić information content (AvgIpc) is 2.28. The van der Waals surface area contributed by atoms with Crippen LogP contribution in [0, 0.1) is 0 Å². The first-order valence-corrected chi connectivity index (χ1v) is 5.51. The molecule has 0 unspecified atom stereocenters. The molecule has 1 aromatic carbocycles. The molecule has 0 aromatic heterocycles. The number of carbonyl (C=O) groups excluding carboxylic acids is 1. The van der Waals surface area contributed by atoms with E-state index in [1.807, 2.05) is 32.0 Å². The first-order chi connectivity index (χ1) is 7.21. The Morgan fingerprint density at radius 1 is 1.20 bits per heavy atom. The highest BCUT2D eigenvalue weighted by Gasteiger charge is 2.06. The van der Waals surface area contributed by atoms with Gasteiger partial charge in [-0.2, -0.15) is 0 Å². The average molecular weight is 206 g/mol. The number of benzene rings is 1. The largest absolute Gasteiger partial charge is 0.494 e. The van der Waals surface area contributed by atoms with Crippen LogP contribution in [0.3, 0.4) is 0 Å². The van der Waals surface area contributed by atoms with Gasteiger partial charge < -0.3 is 4.74 Å². The summed E-state index contributed by atoms with van der Waals surface area (Å²) >= 11 is 0. The lowest BCUT2D eigenvalue weighted by Crippen LogP contribution is -2.00. The Balaban J connectivity index is 3.05. The van der Waals surface area contributed by atoms with Crippen molar-refractivity contribution in [2.45, 2.75) is 33.6 Å². The van der Waals surface area contributed by atoms with Crippen LogP contribution >= 0.6 is 0 Å². The Labute approximate surface area is 91.3 Å². The molecular formula is C13H18O2. The second kappa shape index (κ2) is 5.54. The molecule has 0 radical (unpaired) electrons. The fraction of sp³-hybridized carbons (Fsp3) is 0.462. The van der Waals surface area contributed by atoms with E-state index in [0.717, 1.165) is 23.3 Å². The Bertz CT molecular complexity index is 342. The van der Waals surface area contributed by atoms with E-state index in [1.54, 1.807) is 0 Å². The van der Waals surface area contributed by atoms with Crippen LogP contribution in [-0.4, -0.2) is 12.4 Å². The Morgan fingerprint density at radius 3 is 2.47 bits per heavy atom. The van der Waals surface area contributed by atoms with Crippen molar-refractivity contribution in [1.29, 1.82) is 0 Å². The molecule has 1 aromatic rings. The number of aryl methyl sites for hydroxylation is 1. The van der Waals surface area contributed by atoms with Crippen LogP contribution in [0.1, 0.15) is 43.1 Å². The minimum absolute atomic E-state index is 0.172. The van der Waals surface area contributed by atoms with Gasteiger partial charge in [-0.05, 0) is 37.1 Å². The van der Waals surface area contributed by atoms with Gasteiger partial charge in [-0.1, -0.05) is 13.8 Å². The molecule has 1 rings (SSSR count). The smallest absolute Gasteiger partial charge is 0.162 e. The van der Waals surface area contributed by atoms with Crippen LogP contribution in [0.25, 0.3) is 0 Å². The lowest BCUT2D eigenvalue weighted by Gasteiger charge is -2.08. The molecule has 0 atom stereocenters. The second-order valence-electron chi connectivity index (χ2n) is 3.43. The number of rotatable bonds is 5. The summed E-state index contributed by atoms with van der Waals surface area (Å²) in [5, 5.41) is 0. The number of hydrogen-bond donors (Lipinski definition) is 0. The van der Waals surface area contributed by atoms with E-state index in [2.05, 4.69) is 6.92 Å². The minimum atomic E-state index is 0.172. The van der Waals surface area contributed by atoms with Crippen molar-refractivity contribution >= 4 is 5.78 Å². The monoisotopic (exact) mass is 206 g/mol. The van der Waals surface area contributed by atoms with Gasteiger partial charge in [0.05, 0.1) is 6.61 Å². The lowest BCUT2D eigenvalue weighted by molar-refractivity contribution is 0.0987. The third-order valence-electron chi connectivity index (χ3n) is 2.33. The van der Waals surface area contributed by atoms with E-state index < -0.39 is 0 Å². The third kappa shape index (κ3) is 3.08. The molecule has 0 spiro atoms. The summed E-state index contributed by atoms with van der Waals surface area (Å²) in [4.78, 5) is 11.6. The molecule has 0 aliphatic carbocycles. The standard InChI is InChI=1S/C13H18O2/c1-4-10-7-11(13(14)5-2)9-12(8-10)15-6-3/h7-9H,4-6H2,1-3H3. The van der Waals surface area contributed by atoms with Crippen molar-refractivity contribution in [3.05, 3.63) is 29.3 Å². The highest BCUT2D eigenvalue weighted by Crippen LogP contribution is 2.19. The summed E-state index contributed by atoms with van der Waals surface area (Å²) in [7, 11) is 0. The molecule has 0 N–H and O–H groups in total. The van der Waals surface area contributed by atoms with Crippen LogP contribution in [0.2, 0.25) is 0 Å². The van der Waals surface area contributed by atoms with Crippen LogP contribution in [-0.2, 0) is 6.42 Å². The normalized spacial score (nSPS) is 10.1. The number of carbonyl (C=O) groups is 1. The van der Waals surface area contributed by atoms with Gasteiger partial charge in [0, 0.05) is 12.0 Å². The predicted molar refractivity (Wildman–Crippen MR) is 61.6 cm³/mol. The van der Waals surface area contributed by atoms with E-state index in [4.69, 9.17) is 4.74 Å². The molecule has 0 aliphatic heterocycles. The predicted octanol–water partition coefficient (Wildman–Crippen LogP) is 3.24. The molecule has 15 heavy (non-hydrogen) atoms. The summed E-state index contributed by atoms with van der Waals surface area (Å²) in [5.74, 6) is 0.972. The summed E-state index contributed by atoms with van der Waals surface area (Å²) in [6.45, 7) is 6.53. The second-order valence-corrected chi connectivity index (χ2v) is 3.43. The molecule has 2 nitrogen and oxygen atoms in total. The number of Topliss-reactive ketones (excluding diaryl/α,β-unsaturated/α-hetero) is 1. The number of hydrogen-bond acceptors (Lipinski definition) is 2. The van der Waals surface area contributed by atoms with Gasteiger partial charge in [0.25, 0.3) is 0 Å². The van der Waals surface area contributed by atoms with Crippen molar-refractivity contribution in [2.75, 3.05) is 6.61 Å². The summed E-state index contributed by atoms with van der Waals surface area (Å²) in [5.41, 5.74) is 1.91. The van der Waals surface area contributed by atoms with Gasteiger partial charge in [-0.3, -0.25) is 4.79 Å². The van der Waals surface area contributed by atoms with Gasteiger partial charge in [0.15, 0.2) is 5.78 Å². The Hall–Kier alpha value is -1.31. The molecule has 0 saturated carbocycles. The van der Waals surface area contributed by atoms with E-state index >= 15 is 0 Å². The molecule has 2 heteroatoms. The molecule has 0 saturated heterocycles. The van der Waals surface area contributed by atoms with Gasteiger partial charge in [-0.25, -0.2) is 0 Å². The van der Waals surface area contributed by atoms with Crippen molar-refractivity contribution in [3.63, 3.8) is 0 Å². The quantitative estimate of drug-likeness (QED) is 0.691. The van der Waals surface area contributed by atoms with Crippen LogP contribution in [0.4, 0.5) is 0 Å². The molecule has 0 aliphatic rings. The fourth-order valence-corrected chi connectivity index (χ4v) is 1.48. The zero-order valence-electron chi connectivity index (χ0n) is 9.67. The Morgan fingerprint density at radius 2 is 1.93 bits per heavy atom. The highest BCUT2D eigenvalue weighted by molar-refractivity contribution is 5.96. The molecule has 0 bridgehead atoms. The number of ketones is 1. The summed E-state index contributed by atoms with van der Waals surface area (Å²) < 4.78 is 5.43. The maximum atomic E-state index is 11.6. The van der Waals surface area contributed by atoms with E-state index in [-0.39, 0.29) is 5.78 Å². The summed E-state index contributed by atoms with van der Waals surface area (Å²) in [6, 6.07) is 5.78. The van der Waals surface area contributed by atoms with Crippen molar-refractivity contribution < 1.29 is 9.53 Å². The van der Waals surface area contributed by atoms with Crippen LogP contribution in [0.5, 0.6) is 5.75 Å². The van der Waals surface area contributed by atoms with E-state index in [0.29, 0.717) is 13.0 Å². The van der Waals surface area contributed by atoms with Crippen molar-refractivity contribution in [1.82, 2.24) is 0 Å². The van der Waals surface area contributed by atoms with Gasteiger partial charge in [0.2, 0.25) is 0 Å². The van der Waals surface area contributed by atoms with E-state index in [1.165, 1.54) is 0 Å². The Kier molecular flexibility index (Phi) is 4.35. The van der Waals surface area contributed by atoms with E-state index in [9.17, 15) is 4.79 Å². The van der Waals surface area contributed by atoms with Crippen LogP contribution < -0.4 is 4.74 Å². The highest BCUT2D eigenvalue weighted by atomic mass is 16.5. The van der Waals surface area contributed by atoms with Gasteiger partial charge in [-0.15, -0.1) is 0 Å². The van der Waals surface area contributed by atoms with Gasteiger partial charge >= 0.3 is 0 Å². The first-order valence-electron chi connectivity index (χ1n) is 5.51. The maximum Gasteiger partial charge on any atom is 0.162 e. The van der Waals surface area contributed by atoms with Crippen LogP contribution in [0.15, 0.2) is 18.2 Å². The van der Waals surface area contributed by atoms with Crippen molar-refractivity contribution in [3.8, 4) is 5.75 Å². The maximum absolute atomic E-state index is 11.6. The first kappa shape index (κ1) is 11.8. The molecular weight excluding hydrogens is 188 g/mol. The zero-order valence-corrected chi connectivity index (χ0v) is 9.67. The topological polar surface area (TPSA) is 26.3 Å². The molecule has 0 fully saturated rings. The minimum Gasteiger partial charge on any atom is -0.494 e. The number of ether oxygens (including phenoxy) is 1. The van der Waals surface area contributed by atoms with Gasteiger partial charge in [0.1, 0.15) is 5.75 Å². The lowest BCUT2D eigenvalue weighted by atomic mass is 10.0. The van der Waals surface area contributed by atoms with Crippen molar-refractivity contribution in [2.24, 2.45) is 0 Å². The molecule has 0 amide bonds.